The summed E-state index contributed by atoms with van der Waals surface area (Å²) in [6, 6.07) is 35.0. The van der Waals surface area contributed by atoms with Crippen LogP contribution in [0.5, 0.6) is 5.75 Å². The summed E-state index contributed by atoms with van der Waals surface area (Å²) in [5.74, 6) is -0.238. The zero-order valence-electron chi connectivity index (χ0n) is 24.8. The van der Waals surface area contributed by atoms with Gasteiger partial charge in [0.2, 0.25) is 5.79 Å². The van der Waals surface area contributed by atoms with Gasteiger partial charge in [-0.15, -0.1) is 0 Å². The van der Waals surface area contributed by atoms with Crippen molar-refractivity contribution in [3.8, 4) is 5.75 Å². The Hall–Kier alpha value is -3.90. The van der Waals surface area contributed by atoms with Gasteiger partial charge in [-0.05, 0) is 35.2 Å². The first-order valence-electron chi connectivity index (χ1n) is 14.9. The summed E-state index contributed by atoms with van der Waals surface area (Å²) in [5, 5.41) is 13.3. The van der Waals surface area contributed by atoms with E-state index in [1.165, 1.54) is 0 Å². The summed E-state index contributed by atoms with van der Waals surface area (Å²) >= 11 is 6.65. The Morgan fingerprint density at radius 3 is 1.98 bits per heavy atom. The van der Waals surface area contributed by atoms with Crippen LogP contribution < -0.4 is 4.74 Å². The van der Waals surface area contributed by atoms with Crippen molar-refractivity contribution in [2.75, 3.05) is 0 Å². The molecule has 220 valence electrons. The molecule has 43 heavy (non-hydrogen) atoms. The molecule has 1 unspecified atom stereocenters. The fourth-order valence-electron chi connectivity index (χ4n) is 6.25. The van der Waals surface area contributed by atoms with Gasteiger partial charge in [0.25, 0.3) is 0 Å². The van der Waals surface area contributed by atoms with Gasteiger partial charge in [0.15, 0.2) is 0 Å². The molecule has 4 aromatic carbocycles. The Balaban J connectivity index is 1.60. The molecule has 2 heterocycles. The number of hydrogen-bond donors (Lipinski definition) is 1. The summed E-state index contributed by atoms with van der Waals surface area (Å²) in [6.45, 7) is 6.21. The summed E-state index contributed by atoms with van der Waals surface area (Å²) in [6.07, 6.45) is 5.96. The molecular formula is C37H37ClN2O3. The zero-order valence-corrected chi connectivity index (χ0v) is 25.6. The maximum absolute atomic E-state index is 12.8. The first-order valence-corrected chi connectivity index (χ1v) is 15.3. The minimum absolute atomic E-state index is 0.341. The van der Waals surface area contributed by atoms with Gasteiger partial charge in [0, 0.05) is 36.2 Å². The van der Waals surface area contributed by atoms with Crippen LogP contribution in [0.25, 0.3) is 0 Å². The summed E-state index contributed by atoms with van der Waals surface area (Å²) in [4.78, 5) is 4.96. The monoisotopic (exact) mass is 592 g/mol. The number of aliphatic hydroxyl groups is 1. The van der Waals surface area contributed by atoms with E-state index in [1.807, 2.05) is 56.7 Å². The lowest BCUT2D eigenvalue weighted by molar-refractivity contribution is -0.181. The van der Waals surface area contributed by atoms with E-state index in [2.05, 4.69) is 84.3 Å². The van der Waals surface area contributed by atoms with Crippen LogP contribution in [0.4, 0.5) is 0 Å². The Bertz CT molecular complexity index is 1590. The van der Waals surface area contributed by atoms with E-state index in [9.17, 15) is 5.11 Å². The fraction of sp³-hybridized carbons (Fsp3) is 0.270. The molecule has 0 spiro atoms. The quantitative estimate of drug-likeness (QED) is 0.174. The topological polar surface area (TPSA) is 56.5 Å². The molecule has 0 saturated heterocycles. The minimum atomic E-state index is -1.46. The number of ether oxygens (including phenoxy) is 2. The molecular weight excluding hydrogens is 556 g/mol. The van der Waals surface area contributed by atoms with Crippen molar-refractivity contribution in [1.82, 2.24) is 9.55 Å². The molecule has 0 saturated carbocycles. The lowest BCUT2D eigenvalue weighted by Crippen LogP contribution is -2.38. The Labute approximate surface area is 258 Å². The predicted octanol–water partition coefficient (Wildman–Crippen LogP) is 8.45. The number of aromatic nitrogens is 2. The van der Waals surface area contributed by atoms with Crippen LogP contribution in [0, 0.1) is 0 Å². The maximum Gasteiger partial charge on any atom is 0.205 e. The van der Waals surface area contributed by atoms with Gasteiger partial charge in [0.1, 0.15) is 16.9 Å². The second kappa shape index (κ2) is 11.6. The van der Waals surface area contributed by atoms with Crippen molar-refractivity contribution < 1.29 is 14.6 Å². The van der Waals surface area contributed by atoms with Crippen LogP contribution in [0.1, 0.15) is 73.5 Å². The lowest BCUT2D eigenvalue weighted by Gasteiger charge is -2.38. The number of fused-ring (bicyclic) bond motifs is 1. The van der Waals surface area contributed by atoms with Crippen molar-refractivity contribution >= 4 is 11.6 Å². The molecule has 0 radical (unpaired) electrons. The van der Waals surface area contributed by atoms with Gasteiger partial charge in [0.05, 0.1) is 18.6 Å². The lowest BCUT2D eigenvalue weighted by atomic mass is 9.76. The smallest absolute Gasteiger partial charge is 0.205 e. The average Bonchev–Trinajstić information content (AvgIpc) is 3.53. The Morgan fingerprint density at radius 2 is 1.44 bits per heavy atom. The van der Waals surface area contributed by atoms with Gasteiger partial charge in [-0.1, -0.05) is 122 Å². The van der Waals surface area contributed by atoms with Crippen LogP contribution in [-0.4, -0.2) is 20.4 Å². The highest BCUT2D eigenvalue weighted by Crippen LogP contribution is 2.47. The van der Waals surface area contributed by atoms with Gasteiger partial charge in [-0.25, -0.2) is 4.98 Å². The molecule has 1 N–H and O–H groups in total. The molecule has 0 fully saturated rings. The van der Waals surface area contributed by atoms with Crippen molar-refractivity contribution in [1.29, 1.82) is 0 Å². The maximum atomic E-state index is 12.8. The molecule has 6 rings (SSSR count). The molecule has 1 aliphatic heterocycles. The SMILES string of the molecule is CCCCC(O)(c1cn(C(c2ccccc2)(c2ccccc2)c2ccccc2)cn1)c1cc(Cl)cc2c1OC(C)(C)OC2. The molecule has 6 heteroatoms. The molecule has 0 bridgehead atoms. The molecule has 1 aliphatic rings. The zero-order chi connectivity index (χ0) is 30.1. The number of rotatable bonds is 9. The Morgan fingerprint density at radius 1 is 0.884 bits per heavy atom. The third-order valence-electron chi connectivity index (χ3n) is 8.36. The van der Waals surface area contributed by atoms with Crippen LogP contribution in [0.2, 0.25) is 5.02 Å². The third-order valence-corrected chi connectivity index (χ3v) is 8.58. The van der Waals surface area contributed by atoms with E-state index in [1.54, 1.807) is 0 Å². The number of imidazole rings is 1. The van der Waals surface area contributed by atoms with E-state index in [4.69, 9.17) is 26.1 Å². The van der Waals surface area contributed by atoms with Gasteiger partial charge in [-0.2, -0.15) is 0 Å². The summed E-state index contributed by atoms with van der Waals surface area (Å²) in [5.41, 5.74) is 2.98. The van der Waals surface area contributed by atoms with Crippen LogP contribution in [0.3, 0.4) is 0 Å². The van der Waals surface area contributed by atoms with Crippen molar-refractivity contribution in [3.63, 3.8) is 0 Å². The number of benzene rings is 4. The normalized spacial score (nSPS) is 15.7. The fourth-order valence-corrected chi connectivity index (χ4v) is 6.49. The number of nitrogens with zero attached hydrogens (tertiary/aromatic N) is 2. The first-order chi connectivity index (χ1) is 20.8. The minimum Gasteiger partial charge on any atom is -0.462 e. The van der Waals surface area contributed by atoms with Gasteiger partial charge < -0.3 is 19.1 Å². The van der Waals surface area contributed by atoms with Crippen molar-refractivity contribution in [2.45, 2.75) is 63.6 Å². The largest absolute Gasteiger partial charge is 0.462 e. The second-order valence-corrected chi connectivity index (χ2v) is 12.1. The van der Waals surface area contributed by atoms with Gasteiger partial charge >= 0.3 is 0 Å². The van der Waals surface area contributed by atoms with E-state index >= 15 is 0 Å². The van der Waals surface area contributed by atoms with Crippen LogP contribution >= 0.6 is 11.6 Å². The molecule has 0 aliphatic carbocycles. The first kappa shape index (κ1) is 29.2. The average molecular weight is 593 g/mol. The third kappa shape index (κ3) is 5.27. The van der Waals surface area contributed by atoms with Crippen molar-refractivity contribution in [3.05, 3.63) is 154 Å². The molecule has 5 aromatic rings. The molecule has 5 nitrogen and oxygen atoms in total. The van der Waals surface area contributed by atoms with E-state index in [0.717, 1.165) is 35.1 Å². The molecule has 0 amide bonds. The number of unbranched alkanes of at least 4 members (excludes halogenated alkanes) is 1. The molecule has 1 aromatic heterocycles. The van der Waals surface area contributed by atoms with E-state index < -0.39 is 16.9 Å². The van der Waals surface area contributed by atoms with E-state index in [-0.39, 0.29) is 0 Å². The number of hydrogen-bond acceptors (Lipinski definition) is 4. The Kier molecular flexibility index (Phi) is 7.91. The highest BCUT2D eigenvalue weighted by atomic mass is 35.5. The van der Waals surface area contributed by atoms with E-state index in [0.29, 0.717) is 35.1 Å². The van der Waals surface area contributed by atoms with Crippen molar-refractivity contribution in [2.24, 2.45) is 0 Å². The summed E-state index contributed by atoms with van der Waals surface area (Å²) in [7, 11) is 0. The van der Waals surface area contributed by atoms with Crippen LogP contribution in [-0.2, 0) is 22.5 Å². The summed E-state index contributed by atoms with van der Waals surface area (Å²) < 4.78 is 14.4. The molecule has 1 atom stereocenters. The standard InChI is InChI=1S/C37H37ClN2O3/c1-4-5-21-36(41,32-23-31(38)22-27-25-42-35(2,3)43-34(27)32)33-24-40(26-39-33)37(28-15-9-6-10-16-28,29-17-11-7-12-18-29)30-19-13-8-14-20-30/h6-20,22-24,26,41H,4-5,21,25H2,1-3H3. The number of halogens is 1. The predicted molar refractivity (Wildman–Crippen MR) is 170 cm³/mol. The highest BCUT2D eigenvalue weighted by molar-refractivity contribution is 6.30. The van der Waals surface area contributed by atoms with Gasteiger partial charge in [-0.3, -0.25) is 0 Å². The van der Waals surface area contributed by atoms with Crippen LogP contribution in [0.15, 0.2) is 116 Å². The highest BCUT2D eigenvalue weighted by Gasteiger charge is 2.43. The second-order valence-electron chi connectivity index (χ2n) is 11.7.